The first-order chi connectivity index (χ1) is 25.3. The number of aromatic hydroxyl groups is 2. The lowest BCUT2D eigenvalue weighted by molar-refractivity contribution is -0.146. The van der Waals surface area contributed by atoms with Crippen molar-refractivity contribution in [3.63, 3.8) is 0 Å². The van der Waals surface area contributed by atoms with Crippen LogP contribution in [0.4, 0.5) is 11.4 Å². The number of hydrogen-bond acceptors (Lipinski definition) is 11. The summed E-state index contributed by atoms with van der Waals surface area (Å²) in [7, 11) is 0. The number of carbonyl (C=O) groups is 2. The number of ether oxygens (including phenoxy) is 4. The van der Waals surface area contributed by atoms with Gasteiger partial charge in [-0.2, -0.15) is 5.11 Å². The topological polar surface area (TPSA) is 149 Å². The molecule has 1 aliphatic carbocycles. The summed E-state index contributed by atoms with van der Waals surface area (Å²) in [5, 5.41) is 32.4. The first-order valence-electron chi connectivity index (χ1n) is 17.1. The SMILES string of the molecule is CCOC(=O)COc1c2cccc1Cc1cc(N=Nc3cccnc3)cc(c1O)Cc1cccc(c1OCC(=O)OCC)Cc1cccc(c1O)C2. The van der Waals surface area contributed by atoms with Crippen molar-refractivity contribution in [2.24, 2.45) is 10.2 Å². The number of phenolic OH excluding ortho intramolecular Hbond substituents is 2. The minimum atomic E-state index is -0.514. The fourth-order valence-corrected chi connectivity index (χ4v) is 6.22. The van der Waals surface area contributed by atoms with Gasteiger partial charge in [0.05, 0.1) is 25.1 Å². The van der Waals surface area contributed by atoms with Crippen LogP contribution in [0, 0.1) is 0 Å². The lowest BCUT2D eigenvalue weighted by Crippen LogP contribution is -2.16. The number of rotatable bonds is 10. The molecule has 1 aromatic heterocycles. The average Bonchev–Trinajstić information content (AvgIpc) is 3.14. The van der Waals surface area contributed by atoms with Crippen LogP contribution in [-0.2, 0) is 44.7 Å². The molecule has 6 rings (SSSR count). The average molecular weight is 702 g/mol. The molecule has 11 heteroatoms. The first-order valence-corrected chi connectivity index (χ1v) is 17.1. The molecule has 1 heterocycles. The number of pyridine rings is 1. The van der Waals surface area contributed by atoms with Crippen LogP contribution in [0.3, 0.4) is 0 Å². The minimum Gasteiger partial charge on any atom is -0.507 e. The van der Waals surface area contributed by atoms with Crippen LogP contribution >= 0.6 is 0 Å². The highest BCUT2D eigenvalue weighted by Crippen LogP contribution is 2.39. The van der Waals surface area contributed by atoms with E-state index in [0.29, 0.717) is 56.3 Å². The molecule has 0 atom stereocenters. The van der Waals surface area contributed by atoms with Gasteiger partial charge in [-0.25, -0.2) is 9.59 Å². The number of hydrogen-bond donors (Lipinski definition) is 2. The summed E-state index contributed by atoms with van der Waals surface area (Å²) in [6.07, 6.45) is 4.24. The Balaban J connectivity index is 1.53. The number of phenols is 2. The van der Waals surface area contributed by atoms with Crippen molar-refractivity contribution in [3.05, 3.63) is 136 Å². The predicted octanol–water partition coefficient (Wildman–Crippen LogP) is 7.47. The number of fused-ring (bicyclic) bond motifs is 8. The normalized spacial score (nSPS) is 12.3. The highest BCUT2D eigenvalue weighted by Gasteiger charge is 2.22. The third kappa shape index (κ3) is 8.55. The smallest absolute Gasteiger partial charge is 0.344 e. The molecule has 266 valence electrons. The van der Waals surface area contributed by atoms with Gasteiger partial charge < -0.3 is 29.2 Å². The second-order valence-corrected chi connectivity index (χ2v) is 12.2. The second-order valence-electron chi connectivity index (χ2n) is 12.2. The summed E-state index contributed by atoms with van der Waals surface area (Å²) in [4.78, 5) is 29.0. The third-order valence-corrected chi connectivity index (χ3v) is 8.54. The standard InChI is InChI=1S/C41H39N3O8/c1-3-49-36(45)24-51-40-28-11-6-13-30(40)19-32-21-35(44-43-34-15-8-16-42-23-34)22-33(39(32)48)20-31-14-7-12-29(41(31)52-25-37(46)50-4-2)18-27-10-5-9-26(17-28)38(27)47/h5-16,21-23,47-48H,3-4,17-20,24-25H2,1-2H3. The summed E-state index contributed by atoms with van der Waals surface area (Å²) in [5.41, 5.74) is 6.29. The largest absolute Gasteiger partial charge is 0.507 e. The van der Waals surface area contributed by atoms with Crippen molar-refractivity contribution in [1.82, 2.24) is 4.98 Å². The highest BCUT2D eigenvalue weighted by atomic mass is 16.6. The van der Waals surface area contributed by atoms with E-state index in [1.165, 1.54) is 0 Å². The lowest BCUT2D eigenvalue weighted by Gasteiger charge is -2.20. The third-order valence-electron chi connectivity index (χ3n) is 8.54. The molecule has 8 bridgehead atoms. The Labute approximate surface area is 301 Å². The Morgan fingerprint density at radius 2 is 1.02 bits per heavy atom. The van der Waals surface area contributed by atoms with E-state index in [0.717, 1.165) is 11.1 Å². The highest BCUT2D eigenvalue weighted by molar-refractivity contribution is 5.72. The van der Waals surface area contributed by atoms with Crippen LogP contribution in [0.1, 0.15) is 58.4 Å². The molecule has 5 aromatic rings. The Bertz CT molecular complexity index is 1980. The van der Waals surface area contributed by atoms with Crippen molar-refractivity contribution in [3.8, 4) is 23.0 Å². The van der Waals surface area contributed by atoms with Gasteiger partial charge in [-0.05, 0) is 71.5 Å². The summed E-state index contributed by atoms with van der Waals surface area (Å²) < 4.78 is 22.6. The number of benzene rings is 4. The molecule has 0 saturated heterocycles. The molecule has 0 saturated carbocycles. The van der Waals surface area contributed by atoms with Gasteiger partial charge >= 0.3 is 11.9 Å². The lowest BCUT2D eigenvalue weighted by atomic mass is 9.91. The maximum Gasteiger partial charge on any atom is 0.344 e. The Hall–Kier alpha value is -6.23. The van der Waals surface area contributed by atoms with Gasteiger partial charge in [-0.1, -0.05) is 54.6 Å². The van der Waals surface area contributed by atoms with Crippen molar-refractivity contribution in [2.45, 2.75) is 39.5 Å². The maximum absolute atomic E-state index is 12.4. The van der Waals surface area contributed by atoms with E-state index < -0.39 is 11.9 Å². The van der Waals surface area contributed by atoms with Gasteiger partial charge in [0.25, 0.3) is 0 Å². The monoisotopic (exact) mass is 701 g/mol. The quantitative estimate of drug-likeness (QED) is 0.110. The molecule has 0 spiro atoms. The van der Waals surface area contributed by atoms with Crippen LogP contribution in [0.5, 0.6) is 23.0 Å². The molecule has 52 heavy (non-hydrogen) atoms. The Kier molecular flexibility index (Phi) is 11.4. The van der Waals surface area contributed by atoms with Crippen LogP contribution in [0.15, 0.2) is 101 Å². The van der Waals surface area contributed by atoms with Crippen LogP contribution in [0.2, 0.25) is 0 Å². The van der Waals surface area contributed by atoms with Gasteiger partial charge in [0.2, 0.25) is 0 Å². The van der Waals surface area contributed by atoms with Gasteiger partial charge in [-0.3, -0.25) is 4.98 Å². The van der Waals surface area contributed by atoms with Crippen LogP contribution < -0.4 is 9.47 Å². The van der Waals surface area contributed by atoms with E-state index in [-0.39, 0.29) is 63.6 Å². The molecule has 2 N–H and O–H groups in total. The predicted molar refractivity (Wildman–Crippen MR) is 193 cm³/mol. The fourth-order valence-electron chi connectivity index (χ4n) is 6.22. The number of aromatic nitrogens is 1. The first kappa shape index (κ1) is 35.6. The fraction of sp³-hybridized carbons (Fsp3) is 0.244. The van der Waals surface area contributed by atoms with Crippen LogP contribution in [0.25, 0.3) is 0 Å². The van der Waals surface area contributed by atoms with Crippen molar-refractivity contribution < 1.29 is 38.7 Å². The molecule has 0 unspecified atom stereocenters. The molecule has 11 nitrogen and oxygen atoms in total. The molecule has 1 aliphatic rings. The number of azo groups is 1. The van der Waals surface area contributed by atoms with E-state index in [1.807, 2.05) is 54.6 Å². The zero-order valence-electron chi connectivity index (χ0n) is 29.0. The Morgan fingerprint density at radius 3 is 1.46 bits per heavy atom. The van der Waals surface area contributed by atoms with E-state index in [1.54, 1.807) is 50.5 Å². The van der Waals surface area contributed by atoms with Crippen LogP contribution in [-0.4, -0.2) is 53.6 Å². The van der Waals surface area contributed by atoms with Gasteiger partial charge in [0.15, 0.2) is 13.2 Å². The number of carbonyl (C=O) groups excluding carboxylic acids is 2. The van der Waals surface area contributed by atoms with Gasteiger partial charge in [0, 0.05) is 43.0 Å². The van der Waals surface area contributed by atoms with E-state index in [4.69, 9.17) is 18.9 Å². The molecule has 4 aromatic carbocycles. The zero-order valence-corrected chi connectivity index (χ0v) is 29.0. The summed E-state index contributed by atoms with van der Waals surface area (Å²) in [6, 6.07) is 23.9. The van der Waals surface area contributed by atoms with Gasteiger partial charge in [-0.15, -0.1) is 5.11 Å². The summed E-state index contributed by atoms with van der Waals surface area (Å²) >= 11 is 0. The molecule has 0 fully saturated rings. The number of para-hydroxylation sites is 3. The molecular weight excluding hydrogens is 662 g/mol. The van der Waals surface area contributed by atoms with E-state index >= 15 is 0 Å². The molecule has 0 amide bonds. The van der Waals surface area contributed by atoms with E-state index in [9.17, 15) is 19.8 Å². The number of nitrogens with zero attached hydrogens (tertiary/aromatic N) is 3. The molecular formula is C41H39N3O8. The van der Waals surface area contributed by atoms with Gasteiger partial charge in [0.1, 0.15) is 28.7 Å². The zero-order chi connectivity index (χ0) is 36.5. The minimum absolute atomic E-state index is 0.0405. The summed E-state index contributed by atoms with van der Waals surface area (Å²) in [6.45, 7) is 3.25. The van der Waals surface area contributed by atoms with E-state index in [2.05, 4.69) is 15.2 Å². The number of esters is 2. The summed E-state index contributed by atoms with van der Waals surface area (Å²) in [5.74, 6) is 0.0373. The second kappa shape index (κ2) is 16.7. The maximum atomic E-state index is 12.4. The van der Waals surface area contributed by atoms with Crippen molar-refractivity contribution in [1.29, 1.82) is 0 Å². The van der Waals surface area contributed by atoms with Crippen molar-refractivity contribution >= 4 is 23.3 Å². The molecule has 0 radical (unpaired) electrons. The van der Waals surface area contributed by atoms with Crippen molar-refractivity contribution in [2.75, 3.05) is 26.4 Å². The molecule has 0 aliphatic heterocycles. The Morgan fingerprint density at radius 1 is 0.596 bits per heavy atom.